The summed E-state index contributed by atoms with van der Waals surface area (Å²) in [7, 11) is 0. The molecule has 3 rings (SSSR count). The standard InChI is InChI=1S/C14H12FNO2/c15-10-3-4-13-11(6-10)12(17)7-14(18-13)9-2-1-5-16-8-9/h1-6,8,12,14,17H,7H2/t12-,14?/m1/s1. The molecule has 1 aliphatic heterocycles. The highest BCUT2D eigenvalue weighted by atomic mass is 19.1. The van der Waals surface area contributed by atoms with E-state index in [1.165, 1.54) is 12.1 Å². The van der Waals surface area contributed by atoms with E-state index in [0.717, 1.165) is 5.56 Å². The minimum Gasteiger partial charge on any atom is -0.485 e. The maximum Gasteiger partial charge on any atom is 0.128 e. The van der Waals surface area contributed by atoms with Crippen molar-refractivity contribution >= 4 is 0 Å². The van der Waals surface area contributed by atoms with Crippen molar-refractivity contribution in [3.63, 3.8) is 0 Å². The van der Waals surface area contributed by atoms with Gasteiger partial charge >= 0.3 is 0 Å². The van der Waals surface area contributed by atoms with Gasteiger partial charge in [-0.1, -0.05) is 6.07 Å². The number of aromatic nitrogens is 1. The number of fused-ring (bicyclic) bond motifs is 1. The Kier molecular flexibility index (Phi) is 2.72. The second kappa shape index (κ2) is 4.38. The lowest BCUT2D eigenvalue weighted by atomic mass is 9.96. The van der Waals surface area contributed by atoms with Crippen molar-refractivity contribution in [3.05, 3.63) is 59.7 Å². The molecule has 1 aromatic heterocycles. The van der Waals surface area contributed by atoms with Crippen LogP contribution in [0.2, 0.25) is 0 Å². The fourth-order valence-corrected chi connectivity index (χ4v) is 2.19. The molecule has 3 nitrogen and oxygen atoms in total. The molecule has 1 N–H and O–H groups in total. The van der Waals surface area contributed by atoms with Crippen molar-refractivity contribution in [1.29, 1.82) is 0 Å². The zero-order valence-corrected chi connectivity index (χ0v) is 9.58. The largest absolute Gasteiger partial charge is 0.485 e. The van der Waals surface area contributed by atoms with Crippen molar-refractivity contribution in [3.8, 4) is 5.75 Å². The van der Waals surface area contributed by atoms with Crippen LogP contribution in [0.25, 0.3) is 0 Å². The van der Waals surface area contributed by atoms with Crippen LogP contribution < -0.4 is 4.74 Å². The normalized spacial score (nSPS) is 22.1. The van der Waals surface area contributed by atoms with Gasteiger partial charge in [0, 0.05) is 29.9 Å². The van der Waals surface area contributed by atoms with Gasteiger partial charge in [-0.05, 0) is 24.3 Å². The highest BCUT2D eigenvalue weighted by Crippen LogP contribution is 2.40. The lowest BCUT2D eigenvalue weighted by Gasteiger charge is -2.29. The van der Waals surface area contributed by atoms with Gasteiger partial charge in [0.2, 0.25) is 0 Å². The van der Waals surface area contributed by atoms with E-state index in [-0.39, 0.29) is 11.9 Å². The van der Waals surface area contributed by atoms with E-state index in [2.05, 4.69) is 4.98 Å². The first-order chi connectivity index (χ1) is 8.74. The van der Waals surface area contributed by atoms with Crippen LogP contribution in [0.1, 0.15) is 29.8 Å². The zero-order valence-electron chi connectivity index (χ0n) is 9.58. The second-order valence-corrected chi connectivity index (χ2v) is 4.33. The number of hydrogen-bond donors (Lipinski definition) is 1. The number of rotatable bonds is 1. The van der Waals surface area contributed by atoms with Crippen LogP contribution in [0.3, 0.4) is 0 Å². The molecule has 0 amide bonds. The Labute approximate surface area is 104 Å². The predicted molar refractivity (Wildman–Crippen MR) is 63.6 cm³/mol. The van der Waals surface area contributed by atoms with Crippen LogP contribution in [0.15, 0.2) is 42.7 Å². The van der Waals surface area contributed by atoms with E-state index in [1.807, 2.05) is 12.1 Å². The number of hydrogen-bond acceptors (Lipinski definition) is 3. The summed E-state index contributed by atoms with van der Waals surface area (Å²) >= 11 is 0. The predicted octanol–water partition coefficient (Wildman–Crippen LogP) is 2.78. The minimum absolute atomic E-state index is 0.244. The van der Waals surface area contributed by atoms with Crippen molar-refractivity contribution in [1.82, 2.24) is 4.98 Å². The van der Waals surface area contributed by atoms with Gasteiger partial charge in [-0.15, -0.1) is 0 Å². The van der Waals surface area contributed by atoms with Gasteiger partial charge in [-0.3, -0.25) is 4.98 Å². The molecule has 1 aromatic carbocycles. The van der Waals surface area contributed by atoms with E-state index in [0.29, 0.717) is 17.7 Å². The Morgan fingerprint density at radius 2 is 2.22 bits per heavy atom. The fourth-order valence-electron chi connectivity index (χ4n) is 2.19. The maximum absolute atomic E-state index is 13.1. The van der Waals surface area contributed by atoms with Crippen molar-refractivity contribution in [2.75, 3.05) is 0 Å². The van der Waals surface area contributed by atoms with Crippen molar-refractivity contribution in [2.45, 2.75) is 18.6 Å². The summed E-state index contributed by atoms with van der Waals surface area (Å²) in [6, 6.07) is 7.93. The summed E-state index contributed by atoms with van der Waals surface area (Å²) in [5, 5.41) is 10.1. The van der Waals surface area contributed by atoms with Gasteiger partial charge in [0.05, 0.1) is 6.10 Å². The molecule has 18 heavy (non-hydrogen) atoms. The molecule has 2 heterocycles. The van der Waals surface area contributed by atoms with Crippen LogP contribution in [0.4, 0.5) is 4.39 Å². The number of aliphatic hydroxyl groups is 1. The van der Waals surface area contributed by atoms with Gasteiger partial charge in [0.15, 0.2) is 0 Å². The van der Waals surface area contributed by atoms with Gasteiger partial charge in [0.1, 0.15) is 17.7 Å². The Bertz CT molecular complexity index is 559. The van der Waals surface area contributed by atoms with Gasteiger partial charge in [-0.25, -0.2) is 4.39 Å². The third-order valence-electron chi connectivity index (χ3n) is 3.09. The number of aliphatic hydroxyl groups excluding tert-OH is 1. The van der Waals surface area contributed by atoms with Gasteiger partial charge in [-0.2, -0.15) is 0 Å². The smallest absolute Gasteiger partial charge is 0.128 e. The van der Waals surface area contributed by atoms with Crippen LogP contribution in [0, 0.1) is 5.82 Å². The summed E-state index contributed by atoms with van der Waals surface area (Å²) in [5.74, 6) is 0.167. The number of benzene rings is 1. The molecule has 0 radical (unpaired) electrons. The molecule has 1 unspecified atom stereocenters. The second-order valence-electron chi connectivity index (χ2n) is 4.33. The molecule has 0 saturated carbocycles. The number of pyridine rings is 1. The molecule has 92 valence electrons. The summed E-state index contributed by atoms with van der Waals surface area (Å²) < 4.78 is 18.9. The van der Waals surface area contributed by atoms with E-state index in [9.17, 15) is 9.50 Å². The van der Waals surface area contributed by atoms with Gasteiger partial charge in [0.25, 0.3) is 0 Å². The van der Waals surface area contributed by atoms with Crippen LogP contribution in [-0.4, -0.2) is 10.1 Å². The molecule has 0 spiro atoms. The molecule has 1 aliphatic rings. The van der Waals surface area contributed by atoms with Crippen molar-refractivity contribution < 1.29 is 14.2 Å². The SMILES string of the molecule is O[C@@H]1CC(c2cccnc2)Oc2ccc(F)cc21. The third kappa shape index (κ3) is 1.95. The third-order valence-corrected chi connectivity index (χ3v) is 3.09. The molecular weight excluding hydrogens is 233 g/mol. The minimum atomic E-state index is -0.713. The average molecular weight is 245 g/mol. The van der Waals surface area contributed by atoms with Crippen LogP contribution in [-0.2, 0) is 0 Å². The monoisotopic (exact) mass is 245 g/mol. The van der Waals surface area contributed by atoms with Gasteiger partial charge < -0.3 is 9.84 Å². The molecule has 2 atom stereocenters. The quantitative estimate of drug-likeness (QED) is 0.840. The first-order valence-corrected chi connectivity index (χ1v) is 5.78. The molecule has 0 fully saturated rings. The summed E-state index contributed by atoms with van der Waals surface area (Å²) in [6.07, 6.45) is 2.85. The molecular formula is C14H12FNO2. The number of ether oxygens (including phenoxy) is 1. The first kappa shape index (κ1) is 11.2. The summed E-state index contributed by atoms with van der Waals surface area (Å²) in [6.45, 7) is 0. The zero-order chi connectivity index (χ0) is 12.5. The van der Waals surface area contributed by atoms with E-state index < -0.39 is 6.10 Å². The Morgan fingerprint density at radius 1 is 1.33 bits per heavy atom. The summed E-state index contributed by atoms with van der Waals surface area (Å²) in [5.41, 5.74) is 1.42. The Hall–Kier alpha value is -1.94. The molecule has 0 bridgehead atoms. The first-order valence-electron chi connectivity index (χ1n) is 5.78. The van der Waals surface area contributed by atoms with Crippen LogP contribution in [0.5, 0.6) is 5.75 Å². The molecule has 2 aromatic rings. The van der Waals surface area contributed by atoms with Crippen LogP contribution >= 0.6 is 0 Å². The number of nitrogens with zero attached hydrogens (tertiary/aromatic N) is 1. The lowest BCUT2D eigenvalue weighted by molar-refractivity contribution is 0.0652. The molecule has 4 heteroatoms. The molecule has 0 aliphatic carbocycles. The van der Waals surface area contributed by atoms with E-state index in [4.69, 9.17) is 4.74 Å². The Balaban J connectivity index is 1.95. The summed E-state index contributed by atoms with van der Waals surface area (Å²) in [4.78, 5) is 4.03. The Morgan fingerprint density at radius 3 is 3.00 bits per heavy atom. The van der Waals surface area contributed by atoms with E-state index in [1.54, 1.807) is 18.5 Å². The lowest BCUT2D eigenvalue weighted by Crippen LogP contribution is -2.19. The van der Waals surface area contributed by atoms with Crippen molar-refractivity contribution in [2.24, 2.45) is 0 Å². The van der Waals surface area contributed by atoms with E-state index >= 15 is 0 Å². The average Bonchev–Trinajstić information content (AvgIpc) is 2.40. The highest BCUT2D eigenvalue weighted by Gasteiger charge is 2.28. The molecule has 0 saturated heterocycles. The topological polar surface area (TPSA) is 42.4 Å². The maximum atomic E-state index is 13.1. The fraction of sp³-hybridized carbons (Fsp3) is 0.214. The highest BCUT2D eigenvalue weighted by molar-refractivity contribution is 5.38. The number of halogens is 1.